The second-order valence-electron chi connectivity index (χ2n) is 10.2. The van der Waals surface area contributed by atoms with E-state index in [4.69, 9.17) is 5.21 Å². The third-order valence-electron chi connectivity index (χ3n) is 8.23. The van der Waals surface area contributed by atoms with Crippen molar-refractivity contribution in [3.63, 3.8) is 0 Å². The van der Waals surface area contributed by atoms with Crippen LogP contribution in [0.4, 0.5) is 0 Å². The molecule has 0 radical (unpaired) electrons. The van der Waals surface area contributed by atoms with Gasteiger partial charge in [0.2, 0.25) is 5.91 Å². The molecule has 3 fully saturated rings. The zero-order valence-electron chi connectivity index (χ0n) is 18.5. The fourth-order valence-corrected chi connectivity index (χ4v) is 6.67. The maximum Gasteiger partial charge on any atom is 0.243 e. The largest absolute Gasteiger partial charge is 0.393 e. The molecule has 3 aliphatic rings. The number of aliphatic hydroxyl groups excluding tert-OH is 1. The molecular weight excluding hydrogens is 362 g/mol. The Balaban J connectivity index is 1.59. The molecule has 1 amide bonds. The fourth-order valence-electron chi connectivity index (χ4n) is 6.67. The van der Waals surface area contributed by atoms with Gasteiger partial charge in [-0.2, -0.15) is 0 Å². The second kappa shape index (κ2) is 10.3. The summed E-state index contributed by atoms with van der Waals surface area (Å²) in [6, 6.07) is 0. The average molecular weight is 404 g/mol. The average Bonchev–Trinajstić information content (AvgIpc) is 3.07. The number of hydrogen-bond donors (Lipinski definition) is 3. The van der Waals surface area contributed by atoms with Crippen LogP contribution in [0.1, 0.15) is 97.3 Å². The van der Waals surface area contributed by atoms with E-state index in [9.17, 15) is 9.90 Å². The van der Waals surface area contributed by atoms with Crippen LogP contribution < -0.4 is 5.48 Å². The van der Waals surface area contributed by atoms with Crippen molar-refractivity contribution in [2.45, 2.75) is 103 Å². The number of fused-ring (bicyclic) bond motifs is 1. The Hall–Kier alpha value is -1.13. The molecule has 0 aromatic carbocycles. The van der Waals surface area contributed by atoms with Crippen LogP contribution in [0.15, 0.2) is 23.3 Å². The zero-order valence-corrected chi connectivity index (χ0v) is 18.5. The Kier molecular flexibility index (Phi) is 7.98. The quantitative estimate of drug-likeness (QED) is 0.290. The third-order valence-corrected chi connectivity index (χ3v) is 8.23. The van der Waals surface area contributed by atoms with Gasteiger partial charge in [-0.25, -0.2) is 5.48 Å². The number of rotatable bonds is 7. The maximum absolute atomic E-state index is 11.2. The van der Waals surface area contributed by atoms with Crippen LogP contribution in [0.5, 0.6) is 0 Å². The number of allylic oxidation sites excluding steroid dienone is 3. The van der Waals surface area contributed by atoms with Crippen LogP contribution in [-0.4, -0.2) is 22.3 Å². The van der Waals surface area contributed by atoms with Crippen LogP contribution in [0.25, 0.3) is 0 Å². The van der Waals surface area contributed by atoms with Gasteiger partial charge < -0.3 is 5.11 Å². The number of carbonyl (C=O) groups excluding carboxylic acids is 1. The normalized spacial score (nSPS) is 36.2. The molecule has 0 heterocycles. The lowest BCUT2D eigenvalue weighted by molar-refractivity contribution is -0.129. The van der Waals surface area contributed by atoms with Gasteiger partial charge in [-0.05, 0) is 87.4 Å². The van der Waals surface area contributed by atoms with E-state index < -0.39 is 0 Å². The molecule has 0 aromatic rings. The van der Waals surface area contributed by atoms with Crippen molar-refractivity contribution in [1.29, 1.82) is 0 Å². The van der Waals surface area contributed by atoms with Crippen LogP contribution in [-0.2, 0) is 4.79 Å². The van der Waals surface area contributed by atoms with Gasteiger partial charge in [0.15, 0.2) is 0 Å². The zero-order chi connectivity index (χ0) is 20.9. The molecule has 2 unspecified atom stereocenters. The lowest BCUT2D eigenvalue weighted by atomic mass is 9.60. The van der Waals surface area contributed by atoms with Crippen LogP contribution in [0, 0.1) is 23.2 Å². The van der Waals surface area contributed by atoms with E-state index in [2.05, 4.69) is 26.0 Å². The van der Waals surface area contributed by atoms with Crippen molar-refractivity contribution < 1.29 is 15.1 Å². The van der Waals surface area contributed by atoms with Gasteiger partial charge in [0.05, 0.1) is 6.10 Å². The first-order chi connectivity index (χ1) is 13.9. The van der Waals surface area contributed by atoms with Crippen molar-refractivity contribution in [1.82, 2.24) is 5.48 Å². The molecule has 3 aliphatic carbocycles. The molecule has 4 nitrogen and oxygen atoms in total. The first kappa shape index (κ1) is 22.6. The summed E-state index contributed by atoms with van der Waals surface area (Å²) in [6.07, 6.45) is 18.7. The standard InChI is InChI=1S/C25H41NO3/c1-18(7-3-4-11-24(28)26-29)22-14-15-23-20(9-6-16-25(22,23)2)13-12-19-8-5-10-21(27)17-19/h12-13,18,21-23,27,29H,3-11,14-17H2,1-2H3,(H,26,28)/b19-12-,20-13+/t18-,21+,22?,23?,25-/m1/s1. The van der Waals surface area contributed by atoms with Crippen molar-refractivity contribution >= 4 is 5.91 Å². The van der Waals surface area contributed by atoms with E-state index in [1.807, 2.05) is 0 Å². The van der Waals surface area contributed by atoms with Gasteiger partial charge in [-0.3, -0.25) is 10.0 Å². The number of hydroxylamine groups is 1. The second-order valence-corrected chi connectivity index (χ2v) is 10.2. The van der Waals surface area contributed by atoms with E-state index in [1.165, 1.54) is 44.1 Å². The molecule has 0 spiro atoms. The summed E-state index contributed by atoms with van der Waals surface area (Å²) < 4.78 is 0. The minimum Gasteiger partial charge on any atom is -0.393 e. The molecule has 0 aliphatic heterocycles. The van der Waals surface area contributed by atoms with Gasteiger partial charge in [0.25, 0.3) is 0 Å². The van der Waals surface area contributed by atoms with E-state index in [1.54, 1.807) is 11.1 Å². The lowest BCUT2D eigenvalue weighted by Crippen LogP contribution is -2.36. The molecule has 5 atom stereocenters. The smallest absolute Gasteiger partial charge is 0.243 e. The summed E-state index contributed by atoms with van der Waals surface area (Å²) in [5.41, 5.74) is 5.23. The molecule has 3 N–H and O–H groups in total. The van der Waals surface area contributed by atoms with Crippen molar-refractivity contribution in [2.75, 3.05) is 0 Å². The fraction of sp³-hybridized carbons (Fsp3) is 0.800. The highest BCUT2D eigenvalue weighted by Crippen LogP contribution is 2.59. The summed E-state index contributed by atoms with van der Waals surface area (Å²) in [6.45, 7) is 4.95. The monoisotopic (exact) mass is 403 g/mol. The maximum atomic E-state index is 11.2. The van der Waals surface area contributed by atoms with E-state index in [0.29, 0.717) is 23.7 Å². The van der Waals surface area contributed by atoms with Gasteiger partial charge in [0, 0.05) is 6.42 Å². The Morgan fingerprint density at radius 3 is 2.79 bits per heavy atom. The number of aliphatic hydroxyl groups is 1. The van der Waals surface area contributed by atoms with Crippen molar-refractivity contribution in [2.24, 2.45) is 23.2 Å². The van der Waals surface area contributed by atoms with Gasteiger partial charge in [0.1, 0.15) is 0 Å². The summed E-state index contributed by atoms with van der Waals surface area (Å²) in [5.74, 6) is 1.90. The molecular formula is C25H41NO3. The predicted octanol–water partition coefficient (Wildman–Crippen LogP) is 5.69. The van der Waals surface area contributed by atoms with Crippen LogP contribution in [0.2, 0.25) is 0 Å². The number of hydrogen-bond acceptors (Lipinski definition) is 3. The van der Waals surface area contributed by atoms with Crippen molar-refractivity contribution in [3.8, 4) is 0 Å². The third kappa shape index (κ3) is 5.52. The summed E-state index contributed by atoms with van der Waals surface area (Å²) in [7, 11) is 0. The van der Waals surface area contributed by atoms with E-state index in [-0.39, 0.29) is 12.0 Å². The summed E-state index contributed by atoms with van der Waals surface area (Å²) in [4.78, 5) is 11.2. The highest BCUT2D eigenvalue weighted by molar-refractivity contribution is 5.74. The lowest BCUT2D eigenvalue weighted by Gasteiger charge is -2.44. The molecule has 4 heteroatoms. The Morgan fingerprint density at radius 1 is 1.21 bits per heavy atom. The first-order valence-corrected chi connectivity index (χ1v) is 11.9. The van der Waals surface area contributed by atoms with Gasteiger partial charge >= 0.3 is 0 Å². The predicted molar refractivity (Wildman–Crippen MR) is 116 cm³/mol. The van der Waals surface area contributed by atoms with Gasteiger partial charge in [-0.1, -0.05) is 50.0 Å². The minimum atomic E-state index is -0.271. The Bertz CT molecular complexity index is 626. The summed E-state index contributed by atoms with van der Waals surface area (Å²) in [5, 5.41) is 18.6. The molecule has 29 heavy (non-hydrogen) atoms. The SMILES string of the molecule is C[C@H](CCCCC(=O)NO)C1CCC2/C(=C/C=C3/CCC[C@H](O)C3)CCC[C@@]21C. The number of unbranched alkanes of at least 4 members (excludes halogenated alkanes) is 1. The minimum absolute atomic E-state index is 0.134. The van der Waals surface area contributed by atoms with Crippen molar-refractivity contribution in [3.05, 3.63) is 23.3 Å². The topological polar surface area (TPSA) is 69.6 Å². The Labute approximate surface area is 176 Å². The molecule has 0 bridgehead atoms. The summed E-state index contributed by atoms with van der Waals surface area (Å²) >= 11 is 0. The van der Waals surface area contributed by atoms with E-state index >= 15 is 0 Å². The molecule has 0 saturated heterocycles. The number of nitrogens with one attached hydrogen (secondary N) is 1. The molecule has 0 aromatic heterocycles. The number of carbonyl (C=O) groups is 1. The molecule has 164 valence electrons. The van der Waals surface area contributed by atoms with Gasteiger partial charge in [-0.15, -0.1) is 0 Å². The van der Waals surface area contributed by atoms with Crippen LogP contribution >= 0.6 is 0 Å². The Morgan fingerprint density at radius 2 is 2.03 bits per heavy atom. The highest BCUT2D eigenvalue weighted by atomic mass is 16.5. The number of amides is 1. The van der Waals surface area contributed by atoms with Crippen LogP contribution in [0.3, 0.4) is 0 Å². The van der Waals surface area contributed by atoms with E-state index in [0.717, 1.165) is 44.4 Å². The first-order valence-electron chi connectivity index (χ1n) is 11.9. The molecule has 3 saturated carbocycles. The highest BCUT2D eigenvalue weighted by Gasteiger charge is 2.50. The molecule has 3 rings (SSSR count).